The lowest BCUT2D eigenvalue weighted by Crippen LogP contribution is -2.26. The summed E-state index contributed by atoms with van der Waals surface area (Å²) in [6.45, 7) is 2.62. The van der Waals surface area contributed by atoms with Crippen molar-refractivity contribution in [3.63, 3.8) is 0 Å². The monoisotopic (exact) mass is 317 g/mol. The van der Waals surface area contributed by atoms with Crippen LogP contribution >= 0.6 is 9.39 Å². The van der Waals surface area contributed by atoms with Gasteiger partial charge >= 0.3 is 5.97 Å². The fourth-order valence-electron chi connectivity index (χ4n) is 2.36. The first kappa shape index (κ1) is 16.4. The van der Waals surface area contributed by atoms with Crippen molar-refractivity contribution in [1.29, 1.82) is 0 Å². The maximum absolute atomic E-state index is 12.8. The maximum atomic E-state index is 12.8. The van der Waals surface area contributed by atoms with Crippen LogP contribution in [-0.2, 0) is 9.53 Å². The molecular formula is C17H20NO3P. The Hall–Kier alpha value is -1.93. The number of fused-ring (bicyclic) bond motifs is 1. The van der Waals surface area contributed by atoms with Crippen LogP contribution in [0.2, 0.25) is 0 Å². The zero-order valence-corrected chi connectivity index (χ0v) is 13.7. The van der Waals surface area contributed by atoms with E-state index in [2.05, 4.69) is 9.39 Å². The van der Waals surface area contributed by atoms with Crippen LogP contribution in [-0.4, -0.2) is 24.9 Å². The second-order valence-corrected chi connectivity index (χ2v) is 5.56. The molecule has 4 nitrogen and oxygen atoms in total. The van der Waals surface area contributed by atoms with Gasteiger partial charge in [-0.05, 0) is 34.9 Å². The Bertz CT molecular complexity index is 616. The number of ether oxygens (including phenoxy) is 1. The van der Waals surface area contributed by atoms with Crippen LogP contribution in [0.15, 0.2) is 48.5 Å². The van der Waals surface area contributed by atoms with Crippen LogP contribution in [0, 0.1) is 5.92 Å². The number of anilines is 1. The van der Waals surface area contributed by atoms with Crippen molar-refractivity contribution in [2.75, 3.05) is 17.8 Å². The second-order valence-electron chi connectivity index (χ2n) is 4.94. The van der Waals surface area contributed by atoms with Crippen molar-refractivity contribution in [2.24, 2.45) is 5.92 Å². The van der Waals surface area contributed by atoms with Crippen molar-refractivity contribution < 1.29 is 14.3 Å². The van der Waals surface area contributed by atoms with Gasteiger partial charge in [-0.3, -0.25) is 9.59 Å². The molecule has 0 bridgehead atoms. The summed E-state index contributed by atoms with van der Waals surface area (Å²) in [6, 6.07) is 14.9. The van der Waals surface area contributed by atoms with Gasteiger partial charge in [-0.25, -0.2) is 0 Å². The summed E-state index contributed by atoms with van der Waals surface area (Å²) >= 11 is 0. The summed E-state index contributed by atoms with van der Waals surface area (Å²) in [4.78, 5) is 24.8. The molecule has 2 rings (SSSR count). The van der Waals surface area contributed by atoms with Crippen molar-refractivity contribution in [3.05, 3.63) is 54.1 Å². The minimum absolute atomic E-state index is 0.183. The number of nitrogens with zero attached hydrogens (tertiary/aromatic N) is 1. The van der Waals surface area contributed by atoms with Crippen molar-refractivity contribution >= 4 is 26.8 Å². The summed E-state index contributed by atoms with van der Waals surface area (Å²) in [5.74, 6) is -1.36. The average Bonchev–Trinajstić information content (AvgIpc) is 2.62. The summed E-state index contributed by atoms with van der Waals surface area (Å²) in [7, 11) is 2.62. The van der Waals surface area contributed by atoms with E-state index in [-0.39, 0.29) is 12.4 Å². The Morgan fingerprint density at radius 2 is 1.86 bits per heavy atom. The van der Waals surface area contributed by atoms with Gasteiger partial charge in [0.05, 0.1) is 12.3 Å². The predicted molar refractivity (Wildman–Crippen MR) is 90.2 cm³/mol. The van der Waals surface area contributed by atoms with Gasteiger partial charge in [0.15, 0.2) is 5.78 Å². The van der Waals surface area contributed by atoms with Gasteiger partial charge in [0.1, 0.15) is 5.92 Å². The number of rotatable bonds is 2. The van der Waals surface area contributed by atoms with Gasteiger partial charge < -0.3 is 9.41 Å². The lowest BCUT2D eigenvalue weighted by molar-refractivity contribution is -0.146. The zero-order chi connectivity index (χ0) is 15.9. The highest BCUT2D eigenvalue weighted by molar-refractivity contribution is 7.19. The van der Waals surface area contributed by atoms with Crippen molar-refractivity contribution in [2.45, 2.75) is 13.3 Å². The maximum Gasteiger partial charge on any atom is 0.316 e. The van der Waals surface area contributed by atoms with Gasteiger partial charge in [-0.15, -0.1) is 0 Å². The Morgan fingerprint density at radius 3 is 2.55 bits per heavy atom. The molecule has 1 aliphatic rings. The summed E-state index contributed by atoms with van der Waals surface area (Å²) in [6.07, 6.45) is 0.446. The predicted octanol–water partition coefficient (Wildman–Crippen LogP) is 3.17. The Kier molecular flexibility index (Phi) is 5.91. The molecule has 0 spiro atoms. The molecule has 0 N–H and O–H groups in total. The first-order chi connectivity index (χ1) is 10.6. The van der Waals surface area contributed by atoms with E-state index < -0.39 is 11.9 Å². The fourth-order valence-corrected chi connectivity index (χ4v) is 2.74. The number of esters is 1. The topological polar surface area (TPSA) is 46.6 Å². The summed E-state index contributed by atoms with van der Waals surface area (Å²) < 4.78 is 6.97. The molecule has 1 aromatic rings. The molecule has 0 radical (unpaired) electrons. The third-order valence-electron chi connectivity index (χ3n) is 3.47. The van der Waals surface area contributed by atoms with E-state index in [1.54, 1.807) is 13.0 Å². The molecule has 22 heavy (non-hydrogen) atoms. The molecule has 1 heterocycles. The normalized spacial score (nSPS) is 17.1. The Labute approximate surface area is 133 Å². The highest BCUT2D eigenvalue weighted by atomic mass is 31.0. The average molecular weight is 317 g/mol. The van der Waals surface area contributed by atoms with Crippen LogP contribution in [0.3, 0.4) is 0 Å². The number of carbonyl (C=O) groups is 2. The molecule has 1 aliphatic heterocycles. The van der Waals surface area contributed by atoms with E-state index >= 15 is 0 Å². The van der Waals surface area contributed by atoms with Crippen molar-refractivity contribution in [3.8, 4) is 0 Å². The quantitative estimate of drug-likeness (QED) is 0.477. The van der Waals surface area contributed by atoms with Gasteiger partial charge in [0.2, 0.25) is 0 Å². The molecule has 5 heteroatoms. The van der Waals surface area contributed by atoms with Gasteiger partial charge in [0.25, 0.3) is 0 Å². The zero-order valence-electron chi connectivity index (χ0n) is 12.6. The van der Waals surface area contributed by atoms with Crippen LogP contribution in [0.4, 0.5) is 5.69 Å². The third kappa shape index (κ3) is 3.83. The molecular weight excluding hydrogens is 297 g/mol. The minimum atomic E-state index is -0.740. The van der Waals surface area contributed by atoms with Gasteiger partial charge in [-0.1, -0.05) is 36.4 Å². The molecule has 0 saturated carbocycles. The molecule has 0 saturated heterocycles. The van der Waals surface area contributed by atoms with E-state index in [0.29, 0.717) is 18.5 Å². The van der Waals surface area contributed by atoms with Crippen LogP contribution in [0.1, 0.15) is 23.7 Å². The van der Waals surface area contributed by atoms with E-state index in [9.17, 15) is 9.59 Å². The Morgan fingerprint density at radius 1 is 1.23 bits per heavy atom. The lowest BCUT2D eigenvalue weighted by Gasteiger charge is -2.16. The third-order valence-corrected chi connectivity index (χ3v) is 4.01. The standard InChI is InChI=1S/C17H20NO3P/c1-2-21-17(20)14-11-12-18(22)15-10-8-6-4-3-5-7-9-13(15)16(14)19/h3-10,14H,2,11-12,22H2,1H3. The largest absolute Gasteiger partial charge is 0.465 e. The van der Waals surface area contributed by atoms with Crippen molar-refractivity contribution in [1.82, 2.24) is 0 Å². The lowest BCUT2D eigenvalue weighted by atomic mass is 9.96. The number of ketones is 1. The number of carbonyl (C=O) groups excluding carboxylic acids is 2. The molecule has 2 atom stereocenters. The number of hydrogen-bond acceptors (Lipinski definition) is 4. The van der Waals surface area contributed by atoms with Crippen LogP contribution < -0.4 is 4.67 Å². The van der Waals surface area contributed by atoms with Gasteiger partial charge in [-0.2, -0.15) is 0 Å². The molecule has 0 aromatic heterocycles. The molecule has 0 fully saturated rings. The molecule has 1 aromatic carbocycles. The SMILES string of the molecule is CCOC(=O)C1CCN(P)c2ccccccccc2C1=O. The highest BCUT2D eigenvalue weighted by Crippen LogP contribution is 2.30. The molecule has 2 unspecified atom stereocenters. The Balaban J connectivity index is 2.54. The molecule has 0 aliphatic carbocycles. The van der Waals surface area contributed by atoms with E-state index in [0.717, 1.165) is 5.69 Å². The van der Waals surface area contributed by atoms with E-state index in [1.165, 1.54) is 0 Å². The summed E-state index contributed by atoms with van der Waals surface area (Å²) in [5, 5.41) is 0. The number of hydrogen-bond donors (Lipinski definition) is 0. The minimum Gasteiger partial charge on any atom is -0.465 e. The van der Waals surface area contributed by atoms with E-state index in [4.69, 9.17) is 4.74 Å². The fraction of sp³-hybridized carbons (Fsp3) is 0.294. The van der Waals surface area contributed by atoms with Gasteiger partial charge in [0, 0.05) is 12.1 Å². The molecule has 0 amide bonds. The second kappa shape index (κ2) is 7.90. The smallest absolute Gasteiger partial charge is 0.316 e. The molecule has 116 valence electrons. The van der Waals surface area contributed by atoms with E-state index in [1.807, 2.05) is 47.1 Å². The first-order valence-electron chi connectivity index (χ1n) is 7.30. The summed E-state index contributed by atoms with van der Waals surface area (Å²) in [5.41, 5.74) is 1.32. The first-order valence-corrected chi connectivity index (χ1v) is 7.82. The van der Waals surface area contributed by atoms with Crippen LogP contribution in [0.5, 0.6) is 0 Å². The number of Topliss-reactive ketones (excluding diaryl/α,β-unsaturated/α-hetero) is 1. The van der Waals surface area contributed by atoms with Crippen LogP contribution in [0.25, 0.3) is 0 Å². The highest BCUT2D eigenvalue weighted by Gasteiger charge is 2.33.